The molecule has 1 nitrogen and oxygen atoms in total. The summed E-state index contributed by atoms with van der Waals surface area (Å²) in [6.45, 7) is 3.88. The van der Waals surface area contributed by atoms with Crippen LogP contribution < -0.4 is 10.4 Å². The van der Waals surface area contributed by atoms with Crippen molar-refractivity contribution in [1.29, 1.82) is 0 Å². The summed E-state index contributed by atoms with van der Waals surface area (Å²) in [5.74, 6) is 0. The third-order valence-corrected chi connectivity index (χ3v) is 7.89. The third-order valence-electron chi connectivity index (χ3n) is 4.34. The van der Waals surface area contributed by atoms with Crippen LogP contribution in [0.3, 0.4) is 0 Å². The smallest absolute Gasteiger partial charge is 0.369 e. The van der Waals surface area contributed by atoms with Crippen LogP contribution in [0.4, 0.5) is 26.3 Å². The summed E-state index contributed by atoms with van der Waals surface area (Å²) in [6, 6.07) is 13.1. The predicted molar refractivity (Wildman–Crippen MR) is 85.6 cm³/mol. The van der Waals surface area contributed by atoms with Gasteiger partial charge in [0.25, 0.3) is 5.60 Å². The van der Waals surface area contributed by atoms with Crippen LogP contribution in [0.25, 0.3) is 0 Å². The normalized spacial score (nSPS) is 13.8. The van der Waals surface area contributed by atoms with Gasteiger partial charge in [-0.25, -0.2) is 0 Å². The Morgan fingerprint density at radius 2 is 1.08 bits per heavy atom. The minimum atomic E-state index is -5.88. The van der Waals surface area contributed by atoms with Gasteiger partial charge in [0, 0.05) is 5.56 Å². The molecule has 0 heterocycles. The molecule has 0 saturated carbocycles. The molecule has 25 heavy (non-hydrogen) atoms. The lowest BCUT2D eigenvalue weighted by molar-refractivity contribution is -0.376. The fourth-order valence-corrected chi connectivity index (χ4v) is 5.00. The van der Waals surface area contributed by atoms with Crippen molar-refractivity contribution >= 4 is 18.4 Å². The van der Waals surface area contributed by atoms with E-state index in [-0.39, 0.29) is 0 Å². The first-order chi connectivity index (χ1) is 11.3. The largest absolute Gasteiger partial charge is 0.430 e. The summed E-state index contributed by atoms with van der Waals surface area (Å²) >= 11 is 0. The molecular formula is C17H16F6OSi. The number of alkyl halides is 6. The van der Waals surface area contributed by atoms with Crippen molar-refractivity contribution in [3.63, 3.8) is 0 Å². The Hall–Kier alpha value is -1.80. The second-order valence-corrected chi connectivity index (χ2v) is 10.7. The van der Waals surface area contributed by atoms with E-state index in [0.717, 1.165) is 5.19 Å². The molecule has 136 valence electrons. The van der Waals surface area contributed by atoms with Gasteiger partial charge in [-0.2, -0.15) is 26.3 Å². The molecule has 0 unspecified atom stereocenters. The molecular weight excluding hydrogens is 362 g/mol. The summed E-state index contributed by atoms with van der Waals surface area (Å²) in [6.07, 6.45) is -11.8. The highest BCUT2D eigenvalue weighted by Gasteiger charge is 2.71. The Balaban J connectivity index is 2.49. The maximum Gasteiger partial charge on any atom is 0.430 e. The van der Waals surface area contributed by atoms with Gasteiger partial charge in [0.1, 0.15) is 8.07 Å². The zero-order valence-electron chi connectivity index (χ0n) is 13.4. The topological polar surface area (TPSA) is 20.2 Å². The maximum absolute atomic E-state index is 12.9. The van der Waals surface area contributed by atoms with E-state index in [1.54, 1.807) is 0 Å². The fourth-order valence-electron chi connectivity index (χ4n) is 2.64. The van der Waals surface area contributed by atoms with Crippen LogP contribution in [0.1, 0.15) is 5.56 Å². The highest BCUT2D eigenvalue weighted by molar-refractivity contribution is 7.00. The zero-order chi connectivity index (χ0) is 19.1. The first-order valence-electron chi connectivity index (χ1n) is 7.34. The average Bonchev–Trinajstić information content (AvgIpc) is 2.53. The van der Waals surface area contributed by atoms with Gasteiger partial charge < -0.3 is 5.11 Å². The van der Waals surface area contributed by atoms with Gasteiger partial charge in [0.15, 0.2) is 0 Å². The van der Waals surface area contributed by atoms with E-state index in [9.17, 15) is 31.4 Å². The van der Waals surface area contributed by atoms with E-state index in [0.29, 0.717) is 17.3 Å². The lowest BCUT2D eigenvalue weighted by Gasteiger charge is -2.33. The number of benzene rings is 2. The highest BCUT2D eigenvalue weighted by atomic mass is 28.3. The van der Waals surface area contributed by atoms with Crippen molar-refractivity contribution in [2.45, 2.75) is 31.0 Å². The molecule has 0 atom stereocenters. The maximum atomic E-state index is 12.9. The Bertz CT molecular complexity index is 706. The fraction of sp³-hybridized carbons (Fsp3) is 0.294. The SMILES string of the molecule is C[Si](C)(c1ccccc1)c1ccc(C(O)(C(F)(F)F)C(F)(F)F)cc1. The molecule has 0 saturated heterocycles. The minimum Gasteiger partial charge on any atom is -0.369 e. The van der Waals surface area contributed by atoms with Crippen LogP contribution in [-0.4, -0.2) is 25.5 Å². The van der Waals surface area contributed by atoms with E-state index in [4.69, 9.17) is 0 Å². The van der Waals surface area contributed by atoms with Crippen molar-refractivity contribution in [2.24, 2.45) is 0 Å². The summed E-state index contributed by atoms with van der Waals surface area (Å²) in [5.41, 5.74) is -6.13. The minimum absolute atomic E-state index is 0.661. The van der Waals surface area contributed by atoms with Crippen molar-refractivity contribution < 1.29 is 31.4 Å². The number of rotatable bonds is 3. The molecule has 0 amide bonds. The molecule has 0 radical (unpaired) electrons. The molecule has 0 aliphatic heterocycles. The summed E-state index contributed by atoms with van der Waals surface area (Å²) in [7, 11) is -2.27. The van der Waals surface area contributed by atoms with E-state index in [1.165, 1.54) is 12.1 Å². The van der Waals surface area contributed by atoms with Gasteiger partial charge >= 0.3 is 12.4 Å². The second-order valence-electron chi connectivity index (χ2n) is 6.27. The van der Waals surface area contributed by atoms with Crippen LogP contribution in [-0.2, 0) is 5.60 Å². The molecule has 2 aromatic rings. The quantitative estimate of drug-likeness (QED) is 0.636. The molecule has 8 heteroatoms. The van der Waals surface area contributed by atoms with Crippen molar-refractivity contribution in [3.05, 3.63) is 60.2 Å². The first-order valence-corrected chi connectivity index (χ1v) is 10.3. The molecule has 2 aromatic carbocycles. The highest BCUT2D eigenvalue weighted by Crippen LogP contribution is 2.49. The van der Waals surface area contributed by atoms with E-state index in [2.05, 4.69) is 0 Å². The van der Waals surface area contributed by atoms with Crippen LogP contribution in [0.15, 0.2) is 54.6 Å². The van der Waals surface area contributed by atoms with Gasteiger partial charge in [0.2, 0.25) is 0 Å². The van der Waals surface area contributed by atoms with E-state index in [1.807, 2.05) is 43.4 Å². The molecule has 0 aliphatic rings. The standard InChI is InChI=1S/C17H16F6OSi/c1-25(2,13-6-4-3-5-7-13)14-10-8-12(9-11-14)15(24,16(18,19)20)17(21,22)23/h3-11,24H,1-2H3. The van der Waals surface area contributed by atoms with Gasteiger partial charge in [0.05, 0.1) is 0 Å². The lowest BCUT2D eigenvalue weighted by atomic mass is 9.92. The molecule has 0 aromatic heterocycles. The third kappa shape index (κ3) is 3.32. The Kier molecular flexibility index (Phi) is 4.82. The summed E-state index contributed by atoms with van der Waals surface area (Å²) in [5, 5.41) is 11.1. The second kappa shape index (κ2) is 6.17. The van der Waals surface area contributed by atoms with E-state index < -0.39 is 31.6 Å². The number of hydrogen-bond acceptors (Lipinski definition) is 1. The number of halogens is 6. The molecule has 0 fully saturated rings. The van der Waals surface area contributed by atoms with Crippen LogP contribution in [0.5, 0.6) is 0 Å². The van der Waals surface area contributed by atoms with Crippen molar-refractivity contribution in [2.75, 3.05) is 0 Å². The van der Waals surface area contributed by atoms with Crippen LogP contribution in [0, 0.1) is 0 Å². The van der Waals surface area contributed by atoms with Crippen molar-refractivity contribution in [3.8, 4) is 0 Å². The molecule has 2 rings (SSSR count). The predicted octanol–water partition coefficient (Wildman–Crippen LogP) is 3.82. The monoisotopic (exact) mass is 378 g/mol. The zero-order valence-corrected chi connectivity index (χ0v) is 14.4. The van der Waals surface area contributed by atoms with E-state index >= 15 is 0 Å². The number of aliphatic hydroxyl groups is 1. The van der Waals surface area contributed by atoms with Crippen LogP contribution >= 0.6 is 0 Å². The summed E-state index contributed by atoms with van der Waals surface area (Å²) in [4.78, 5) is 0. The van der Waals surface area contributed by atoms with Crippen molar-refractivity contribution in [1.82, 2.24) is 0 Å². The average molecular weight is 378 g/mol. The lowest BCUT2D eigenvalue weighted by Crippen LogP contribution is -2.55. The number of hydrogen-bond donors (Lipinski definition) is 1. The Morgan fingerprint density at radius 3 is 1.48 bits per heavy atom. The first kappa shape index (κ1) is 19.5. The molecule has 0 bridgehead atoms. The van der Waals surface area contributed by atoms with Gasteiger partial charge in [-0.05, 0) is 0 Å². The van der Waals surface area contributed by atoms with Gasteiger partial charge in [-0.1, -0.05) is 78.1 Å². The molecule has 0 spiro atoms. The molecule has 1 N–H and O–H groups in total. The Morgan fingerprint density at radius 1 is 0.680 bits per heavy atom. The summed E-state index contributed by atoms with van der Waals surface area (Å²) < 4.78 is 77.5. The Labute approximate surface area is 141 Å². The molecule has 0 aliphatic carbocycles. The van der Waals surface area contributed by atoms with Gasteiger partial charge in [-0.3, -0.25) is 0 Å². The van der Waals surface area contributed by atoms with Crippen LogP contribution in [0.2, 0.25) is 13.1 Å². The van der Waals surface area contributed by atoms with Gasteiger partial charge in [-0.15, -0.1) is 0 Å².